The number of aromatic nitrogens is 1. The van der Waals surface area contributed by atoms with Gasteiger partial charge in [0.05, 0.1) is 22.4 Å². The summed E-state index contributed by atoms with van der Waals surface area (Å²) in [5.41, 5.74) is 1.53. The van der Waals surface area contributed by atoms with Crippen LogP contribution in [0.4, 0.5) is 0 Å². The highest BCUT2D eigenvalue weighted by Crippen LogP contribution is 2.37. The third kappa shape index (κ3) is 2.96. The van der Waals surface area contributed by atoms with Gasteiger partial charge in [0.1, 0.15) is 0 Å². The Morgan fingerprint density at radius 3 is 1.67 bits per heavy atom. The molecule has 27 heavy (non-hydrogen) atoms. The van der Waals surface area contributed by atoms with Gasteiger partial charge < -0.3 is 23.6 Å². The summed E-state index contributed by atoms with van der Waals surface area (Å²) in [6.07, 6.45) is 0. The summed E-state index contributed by atoms with van der Waals surface area (Å²) in [5, 5.41) is 1.11. The Hall–Kier alpha value is -1.27. The molecule has 2 saturated heterocycles. The van der Waals surface area contributed by atoms with Crippen molar-refractivity contribution in [2.24, 2.45) is 0 Å². The van der Waals surface area contributed by atoms with Crippen LogP contribution in [0.15, 0.2) is 24.3 Å². The van der Waals surface area contributed by atoms with E-state index < -0.39 is 7.12 Å². The summed E-state index contributed by atoms with van der Waals surface area (Å²) in [6, 6.07) is 8.32. The molecule has 2 aromatic rings. The molecule has 0 spiro atoms. The minimum Gasteiger partial charge on any atom is -0.399 e. The number of H-pyrrole nitrogens is 1. The van der Waals surface area contributed by atoms with E-state index in [1.165, 1.54) is 0 Å². The van der Waals surface area contributed by atoms with Gasteiger partial charge in [0.15, 0.2) is 0 Å². The maximum atomic E-state index is 6.17. The number of rotatable bonds is 2. The third-order valence-corrected chi connectivity index (χ3v) is 6.70. The molecule has 5 nitrogen and oxygen atoms in total. The first kappa shape index (κ1) is 19.1. The van der Waals surface area contributed by atoms with E-state index >= 15 is 0 Å². The van der Waals surface area contributed by atoms with Crippen LogP contribution in [0.5, 0.6) is 0 Å². The van der Waals surface area contributed by atoms with Crippen LogP contribution in [0.2, 0.25) is 0 Å². The smallest absolute Gasteiger partial charge is 0.399 e. The molecule has 3 heterocycles. The van der Waals surface area contributed by atoms with Gasteiger partial charge in [-0.25, -0.2) is 0 Å². The number of hydrogen-bond acceptors (Lipinski definition) is 4. The Morgan fingerprint density at radius 2 is 1.15 bits per heavy atom. The summed E-state index contributed by atoms with van der Waals surface area (Å²) >= 11 is 0. The van der Waals surface area contributed by atoms with Crippen LogP contribution in [0.3, 0.4) is 0 Å². The topological polar surface area (TPSA) is 52.7 Å². The van der Waals surface area contributed by atoms with Crippen LogP contribution in [0, 0.1) is 0 Å². The summed E-state index contributed by atoms with van der Waals surface area (Å²) in [6.45, 7) is 16.5. The molecule has 0 atom stereocenters. The maximum Gasteiger partial charge on any atom is 0.512 e. The van der Waals surface area contributed by atoms with Crippen molar-refractivity contribution in [3.05, 3.63) is 24.3 Å². The SMILES string of the molecule is CC1(C)OB(c2ccc3cc(B4OC(C)(C)C(C)(C)O4)[nH]c3c2)OC1(C)C. The number of fused-ring (bicyclic) bond motifs is 1. The van der Waals surface area contributed by atoms with Crippen molar-refractivity contribution in [1.29, 1.82) is 0 Å². The zero-order valence-corrected chi connectivity index (χ0v) is 17.6. The molecule has 0 radical (unpaired) electrons. The van der Waals surface area contributed by atoms with Crippen molar-refractivity contribution in [3.8, 4) is 0 Å². The highest BCUT2D eigenvalue weighted by Gasteiger charge is 2.53. The molecule has 0 bridgehead atoms. The van der Waals surface area contributed by atoms with Gasteiger partial charge in [-0.05, 0) is 78.4 Å². The molecule has 0 unspecified atom stereocenters. The van der Waals surface area contributed by atoms with E-state index in [1.54, 1.807) is 0 Å². The van der Waals surface area contributed by atoms with E-state index in [-0.39, 0.29) is 29.5 Å². The Balaban J connectivity index is 1.62. The van der Waals surface area contributed by atoms with Crippen LogP contribution in [-0.2, 0) is 18.6 Å². The van der Waals surface area contributed by atoms with Gasteiger partial charge in [0.25, 0.3) is 0 Å². The molecule has 2 aliphatic rings. The van der Waals surface area contributed by atoms with E-state index in [2.05, 4.69) is 84.6 Å². The quantitative estimate of drug-likeness (QED) is 0.828. The molecule has 2 aliphatic heterocycles. The maximum absolute atomic E-state index is 6.17. The van der Waals surface area contributed by atoms with Crippen molar-refractivity contribution in [2.45, 2.75) is 77.8 Å². The molecule has 7 heteroatoms. The Morgan fingerprint density at radius 1 is 0.667 bits per heavy atom. The Bertz CT molecular complexity index is 821. The Kier molecular flexibility index (Phi) is 3.98. The molecule has 144 valence electrons. The summed E-state index contributed by atoms with van der Waals surface area (Å²) in [7, 11) is -0.773. The Labute approximate surface area is 162 Å². The zero-order valence-electron chi connectivity index (χ0n) is 17.6. The number of benzene rings is 1. The van der Waals surface area contributed by atoms with Crippen LogP contribution < -0.4 is 11.1 Å². The largest absolute Gasteiger partial charge is 0.512 e. The number of nitrogens with one attached hydrogen (secondary N) is 1. The van der Waals surface area contributed by atoms with E-state index in [9.17, 15) is 0 Å². The van der Waals surface area contributed by atoms with Gasteiger partial charge in [-0.15, -0.1) is 0 Å². The van der Waals surface area contributed by atoms with Gasteiger partial charge in [-0.2, -0.15) is 0 Å². The van der Waals surface area contributed by atoms with Gasteiger partial charge >= 0.3 is 14.2 Å². The van der Waals surface area contributed by atoms with E-state index in [4.69, 9.17) is 18.6 Å². The molecule has 0 amide bonds. The van der Waals surface area contributed by atoms with Crippen LogP contribution in [0.1, 0.15) is 55.4 Å². The standard InChI is InChI=1S/C20H29B2NO4/c1-17(2)18(3,4)25-21(24-17)14-10-9-13-11-16(23-15(13)12-14)22-26-19(5,6)20(7,8)27-22/h9-12,23H,1-8H3. The lowest BCUT2D eigenvalue weighted by Crippen LogP contribution is -2.41. The minimum atomic E-state index is -0.400. The highest BCUT2D eigenvalue weighted by molar-refractivity contribution is 6.63. The molecule has 4 rings (SSSR count). The van der Waals surface area contributed by atoms with Crippen molar-refractivity contribution in [2.75, 3.05) is 0 Å². The van der Waals surface area contributed by atoms with Gasteiger partial charge in [-0.1, -0.05) is 12.1 Å². The van der Waals surface area contributed by atoms with Crippen LogP contribution in [0.25, 0.3) is 10.9 Å². The van der Waals surface area contributed by atoms with Gasteiger partial charge in [0.2, 0.25) is 0 Å². The predicted molar refractivity (Wildman–Crippen MR) is 110 cm³/mol. The second kappa shape index (κ2) is 5.63. The third-order valence-electron chi connectivity index (χ3n) is 6.70. The summed E-state index contributed by atoms with van der Waals surface area (Å²) < 4.78 is 24.7. The first-order valence-electron chi connectivity index (χ1n) is 9.65. The fourth-order valence-corrected chi connectivity index (χ4v) is 3.39. The van der Waals surface area contributed by atoms with Crippen molar-refractivity contribution < 1.29 is 18.6 Å². The number of aromatic amines is 1. The second-order valence-electron chi connectivity index (χ2n) is 9.75. The lowest BCUT2D eigenvalue weighted by molar-refractivity contribution is 0.00578. The average Bonchev–Trinajstić information content (AvgIpc) is 3.10. The van der Waals surface area contributed by atoms with Crippen LogP contribution in [-0.4, -0.2) is 41.6 Å². The lowest BCUT2D eigenvalue weighted by Gasteiger charge is -2.32. The minimum absolute atomic E-state index is 0.351. The van der Waals surface area contributed by atoms with Gasteiger partial charge in [0, 0.05) is 11.1 Å². The monoisotopic (exact) mass is 369 g/mol. The van der Waals surface area contributed by atoms with E-state index in [0.717, 1.165) is 22.0 Å². The molecule has 0 aliphatic carbocycles. The van der Waals surface area contributed by atoms with E-state index in [1.807, 2.05) is 0 Å². The second-order valence-corrected chi connectivity index (χ2v) is 9.75. The fraction of sp³-hybridized carbons (Fsp3) is 0.600. The number of hydrogen-bond donors (Lipinski definition) is 1. The summed E-state index contributed by atoms with van der Waals surface area (Å²) in [4.78, 5) is 3.46. The predicted octanol–water partition coefficient (Wildman–Crippen LogP) is 2.77. The first-order chi connectivity index (χ1) is 12.3. The molecule has 1 N–H and O–H groups in total. The molecule has 0 saturated carbocycles. The molecule has 1 aromatic heterocycles. The lowest BCUT2D eigenvalue weighted by atomic mass is 9.79. The van der Waals surface area contributed by atoms with E-state index in [0.29, 0.717) is 0 Å². The van der Waals surface area contributed by atoms with Crippen LogP contribution >= 0.6 is 0 Å². The molecular weight excluding hydrogens is 340 g/mol. The fourth-order valence-electron chi connectivity index (χ4n) is 3.39. The van der Waals surface area contributed by atoms with Gasteiger partial charge in [-0.3, -0.25) is 0 Å². The average molecular weight is 369 g/mol. The molecule has 1 aromatic carbocycles. The van der Waals surface area contributed by atoms with Crippen molar-refractivity contribution >= 4 is 36.2 Å². The van der Waals surface area contributed by atoms with Crippen molar-refractivity contribution in [3.63, 3.8) is 0 Å². The highest BCUT2D eigenvalue weighted by atomic mass is 16.7. The van der Waals surface area contributed by atoms with Crippen molar-refractivity contribution in [1.82, 2.24) is 4.98 Å². The molecular formula is C20H29B2NO4. The zero-order chi connectivity index (χ0) is 19.8. The first-order valence-corrected chi connectivity index (χ1v) is 9.65. The molecule has 2 fully saturated rings. The summed E-state index contributed by atoms with van der Waals surface area (Å²) in [5.74, 6) is 0. The normalized spacial score (nSPS) is 25.5.